The van der Waals surface area contributed by atoms with E-state index in [1.807, 2.05) is 24.3 Å². The maximum atomic E-state index is 13.9. The lowest BCUT2D eigenvalue weighted by Gasteiger charge is -2.52. The Hall–Kier alpha value is -2.70. The van der Waals surface area contributed by atoms with E-state index >= 15 is 0 Å². The van der Waals surface area contributed by atoms with Crippen LogP contribution in [0.15, 0.2) is 36.4 Å². The average molecular weight is 579 g/mol. The highest BCUT2D eigenvalue weighted by atomic mass is 16.1. The topological polar surface area (TPSA) is 58.2 Å². The number of carbonyl (C=O) groups is 2. The maximum absolute atomic E-state index is 13.9. The van der Waals surface area contributed by atoms with Gasteiger partial charge in [0.15, 0.2) is 11.6 Å². The van der Waals surface area contributed by atoms with Crippen LogP contribution in [0.3, 0.4) is 0 Å². The van der Waals surface area contributed by atoms with Gasteiger partial charge in [-0.25, -0.2) is 0 Å². The molecule has 0 bridgehead atoms. The first-order valence-electron chi connectivity index (χ1n) is 16.8. The average Bonchev–Trinajstić information content (AvgIpc) is 3.04. The molecule has 0 heterocycles. The van der Waals surface area contributed by atoms with Crippen molar-refractivity contribution in [2.75, 3.05) is 69.5 Å². The number of hydrogen-bond donors (Lipinski definition) is 2. The Bertz CT molecular complexity index is 1190. The zero-order valence-corrected chi connectivity index (χ0v) is 27.9. The molecule has 2 aromatic carbocycles. The minimum Gasteiger partial charge on any atom is -0.384 e. The summed E-state index contributed by atoms with van der Waals surface area (Å²) < 4.78 is 2.19. The van der Waals surface area contributed by atoms with Gasteiger partial charge in [0, 0.05) is 48.4 Å². The molecule has 232 valence electrons. The first-order chi connectivity index (χ1) is 20.2. The number of nitrogens with one attached hydrogen (secondary N) is 2. The normalized spacial score (nSPS) is 13.6. The van der Waals surface area contributed by atoms with E-state index in [4.69, 9.17) is 0 Å². The highest BCUT2D eigenvalue weighted by Crippen LogP contribution is 2.38. The van der Waals surface area contributed by atoms with Crippen molar-refractivity contribution in [3.63, 3.8) is 0 Å². The van der Waals surface area contributed by atoms with Gasteiger partial charge in [-0.2, -0.15) is 0 Å². The van der Waals surface area contributed by atoms with Crippen LogP contribution >= 0.6 is 0 Å². The highest BCUT2D eigenvalue weighted by molar-refractivity contribution is 6.31. The summed E-state index contributed by atoms with van der Waals surface area (Å²) >= 11 is 0. The first kappa shape index (κ1) is 33.8. The fraction of sp³-hybridized carbons (Fsp3) is 0.611. The predicted molar refractivity (Wildman–Crippen MR) is 178 cm³/mol. The molecule has 0 unspecified atom stereocenters. The third kappa shape index (κ3) is 6.16. The molecule has 3 rings (SSSR count). The Balaban J connectivity index is 1.92. The van der Waals surface area contributed by atoms with Gasteiger partial charge in [0.2, 0.25) is 0 Å². The molecule has 0 saturated heterocycles. The number of fused-ring (bicyclic) bond motifs is 2. The van der Waals surface area contributed by atoms with Crippen molar-refractivity contribution in [1.29, 1.82) is 0 Å². The second kappa shape index (κ2) is 14.7. The summed E-state index contributed by atoms with van der Waals surface area (Å²) in [5.41, 5.74) is 3.74. The molecule has 0 saturated carbocycles. The molecule has 42 heavy (non-hydrogen) atoms. The summed E-state index contributed by atoms with van der Waals surface area (Å²) in [5, 5.41) is 7.20. The van der Waals surface area contributed by atoms with E-state index in [0.717, 1.165) is 105 Å². The summed E-state index contributed by atoms with van der Waals surface area (Å²) in [7, 11) is 0. The van der Waals surface area contributed by atoms with Crippen LogP contribution in [-0.2, 0) is 0 Å². The third-order valence-corrected chi connectivity index (χ3v) is 11.3. The predicted octanol–water partition coefficient (Wildman–Crippen LogP) is 7.38. The quantitative estimate of drug-likeness (QED) is 0.122. The molecule has 0 fully saturated rings. The van der Waals surface area contributed by atoms with Gasteiger partial charge in [0.1, 0.15) is 5.54 Å². The largest absolute Gasteiger partial charge is 0.384 e. The standard InChI is InChI=1S/C36H56N4O2/c1-9-36(10-2,40(14-6,15-7)16-8)24-26-38-31-23-22-30(37-25-19-27-39(11-3,12-4)13-5)32-33(31)35(42)29-21-18-17-20-28(29)34(32)41/h17-18,20-23H,9-16,19,24-27H2,1-8H3/p+2. The number of ketones is 2. The molecule has 6 nitrogen and oxygen atoms in total. The molecule has 0 atom stereocenters. The van der Waals surface area contributed by atoms with Crippen LogP contribution in [0.1, 0.15) is 113 Å². The van der Waals surface area contributed by atoms with E-state index in [9.17, 15) is 9.59 Å². The number of quaternary nitrogens is 2. The van der Waals surface area contributed by atoms with Gasteiger partial charge in [-0.3, -0.25) is 9.59 Å². The lowest BCUT2D eigenvalue weighted by atomic mass is 9.81. The molecule has 0 aliphatic heterocycles. The Morgan fingerprint density at radius 2 is 1.07 bits per heavy atom. The zero-order valence-electron chi connectivity index (χ0n) is 27.9. The van der Waals surface area contributed by atoms with E-state index in [0.29, 0.717) is 22.3 Å². The lowest BCUT2D eigenvalue weighted by molar-refractivity contribution is -0.973. The molecule has 0 spiro atoms. The van der Waals surface area contributed by atoms with Gasteiger partial charge in [0.05, 0.1) is 56.9 Å². The smallest absolute Gasteiger partial charge is 0.196 e. The summed E-state index contributed by atoms with van der Waals surface area (Å²) in [6.45, 7) is 27.7. The van der Waals surface area contributed by atoms with Gasteiger partial charge in [-0.15, -0.1) is 0 Å². The Labute approximate surface area is 256 Å². The molecule has 1 aliphatic rings. The third-order valence-electron chi connectivity index (χ3n) is 11.3. The first-order valence-corrected chi connectivity index (χ1v) is 16.8. The summed E-state index contributed by atoms with van der Waals surface area (Å²) in [6, 6.07) is 11.3. The van der Waals surface area contributed by atoms with E-state index in [-0.39, 0.29) is 17.1 Å². The number of anilines is 2. The van der Waals surface area contributed by atoms with E-state index in [1.54, 1.807) is 12.1 Å². The van der Waals surface area contributed by atoms with Crippen LogP contribution < -0.4 is 10.6 Å². The number of rotatable bonds is 18. The monoisotopic (exact) mass is 578 g/mol. The van der Waals surface area contributed by atoms with Crippen LogP contribution in [0.25, 0.3) is 0 Å². The molecular formula is C36H58N4O2+2. The second-order valence-corrected chi connectivity index (χ2v) is 12.1. The number of benzene rings is 2. The molecule has 0 aromatic heterocycles. The molecule has 2 N–H and O–H groups in total. The van der Waals surface area contributed by atoms with Gasteiger partial charge in [-0.05, 0) is 66.5 Å². The van der Waals surface area contributed by atoms with Crippen molar-refractivity contribution in [1.82, 2.24) is 0 Å². The maximum Gasteiger partial charge on any atom is 0.196 e. The van der Waals surface area contributed by atoms with Crippen molar-refractivity contribution >= 4 is 22.9 Å². The highest BCUT2D eigenvalue weighted by Gasteiger charge is 2.45. The molecule has 6 heteroatoms. The number of nitrogens with zero attached hydrogens (tertiary/aromatic N) is 2. The van der Waals surface area contributed by atoms with Crippen LogP contribution in [0.4, 0.5) is 11.4 Å². The van der Waals surface area contributed by atoms with Gasteiger partial charge < -0.3 is 19.6 Å². The number of hydrogen-bond acceptors (Lipinski definition) is 4. The Morgan fingerprint density at radius 1 is 0.619 bits per heavy atom. The van der Waals surface area contributed by atoms with Gasteiger partial charge in [-0.1, -0.05) is 38.1 Å². The van der Waals surface area contributed by atoms with Crippen LogP contribution in [0, 0.1) is 0 Å². The molecule has 0 amide bonds. The van der Waals surface area contributed by atoms with Crippen molar-refractivity contribution < 1.29 is 18.6 Å². The molecule has 0 radical (unpaired) electrons. The van der Waals surface area contributed by atoms with Crippen molar-refractivity contribution in [3.8, 4) is 0 Å². The van der Waals surface area contributed by atoms with E-state index in [1.165, 1.54) is 0 Å². The molecule has 2 aromatic rings. The van der Waals surface area contributed by atoms with Crippen LogP contribution in [0.5, 0.6) is 0 Å². The second-order valence-electron chi connectivity index (χ2n) is 12.1. The number of carbonyl (C=O) groups excluding carboxylic acids is 2. The fourth-order valence-corrected chi connectivity index (χ4v) is 7.92. The van der Waals surface area contributed by atoms with Crippen LogP contribution in [-0.4, -0.2) is 85.0 Å². The van der Waals surface area contributed by atoms with Crippen molar-refractivity contribution in [3.05, 3.63) is 58.7 Å². The lowest BCUT2D eigenvalue weighted by Crippen LogP contribution is -2.64. The van der Waals surface area contributed by atoms with E-state index < -0.39 is 0 Å². The molecular weight excluding hydrogens is 520 g/mol. The summed E-state index contributed by atoms with van der Waals surface area (Å²) in [6.07, 6.45) is 4.24. The van der Waals surface area contributed by atoms with Gasteiger partial charge >= 0.3 is 0 Å². The van der Waals surface area contributed by atoms with E-state index in [2.05, 4.69) is 66.0 Å². The summed E-state index contributed by atoms with van der Waals surface area (Å²) in [4.78, 5) is 27.9. The minimum atomic E-state index is -0.0674. The zero-order chi connectivity index (χ0) is 31.0. The van der Waals surface area contributed by atoms with Gasteiger partial charge in [0.25, 0.3) is 0 Å². The molecule has 1 aliphatic carbocycles. The minimum absolute atomic E-state index is 0.0666. The summed E-state index contributed by atoms with van der Waals surface area (Å²) in [5.74, 6) is -0.134. The Morgan fingerprint density at radius 3 is 1.48 bits per heavy atom. The fourth-order valence-electron chi connectivity index (χ4n) is 7.92. The SMILES string of the molecule is CCC(CC)(CCNc1ccc(NCCC[N+](CC)(CC)CC)c2c1C(=O)c1ccccc1C2=O)[N+](CC)(CC)CC. The Kier molecular flexibility index (Phi) is 11.8. The van der Waals surface area contributed by atoms with Crippen molar-refractivity contribution in [2.45, 2.75) is 86.6 Å². The van der Waals surface area contributed by atoms with Crippen molar-refractivity contribution in [2.24, 2.45) is 0 Å². The van der Waals surface area contributed by atoms with Crippen LogP contribution in [0.2, 0.25) is 0 Å².